The Morgan fingerprint density at radius 1 is 1.67 bits per heavy atom. The highest BCUT2D eigenvalue weighted by Crippen LogP contribution is 2.33. The van der Waals surface area contributed by atoms with Crippen LogP contribution in [0.3, 0.4) is 0 Å². The minimum atomic E-state index is -1.41. The van der Waals surface area contributed by atoms with E-state index in [4.69, 9.17) is 0 Å². The first-order valence-electron chi connectivity index (χ1n) is 2.67. The standard InChI is InChI=1S/C5H2BrNO4S/c6-4-2(7(10)11)1-3(12-4)5(8)9/h1H,(H,8,9)/p-1. The average molecular weight is 251 g/mol. The molecule has 0 N–H and O–H groups in total. The van der Waals surface area contributed by atoms with Crippen molar-refractivity contribution in [3.63, 3.8) is 0 Å². The molecule has 0 aromatic carbocycles. The predicted molar refractivity (Wildman–Crippen MR) is 43.0 cm³/mol. The topological polar surface area (TPSA) is 83.3 Å². The number of aromatic carboxylic acids is 1. The quantitative estimate of drug-likeness (QED) is 0.574. The Morgan fingerprint density at radius 2 is 2.25 bits per heavy atom. The van der Waals surface area contributed by atoms with Gasteiger partial charge in [0, 0.05) is 6.07 Å². The van der Waals surface area contributed by atoms with Crippen molar-refractivity contribution in [2.24, 2.45) is 0 Å². The zero-order valence-corrected chi connectivity index (χ0v) is 7.85. The second-order valence-electron chi connectivity index (χ2n) is 1.81. The Morgan fingerprint density at radius 3 is 2.50 bits per heavy atom. The summed E-state index contributed by atoms with van der Waals surface area (Å²) in [6.45, 7) is 0. The van der Waals surface area contributed by atoms with Gasteiger partial charge in [0.05, 0.1) is 15.8 Å². The first-order chi connectivity index (χ1) is 5.52. The lowest BCUT2D eigenvalue weighted by molar-refractivity contribution is -0.385. The van der Waals surface area contributed by atoms with Crippen LogP contribution >= 0.6 is 27.3 Å². The van der Waals surface area contributed by atoms with Crippen molar-refractivity contribution < 1.29 is 14.8 Å². The van der Waals surface area contributed by atoms with Gasteiger partial charge in [0.2, 0.25) is 0 Å². The zero-order valence-electron chi connectivity index (χ0n) is 5.44. The Hall–Kier alpha value is -0.950. The number of hydrogen-bond acceptors (Lipinski definition) is 5. The number of thiophene rings is 1. The summed E-state index contributed by atoms with van der Waals surface area (Å²) in [7, 11) is 0. The van der Waals surface area contributed by atoms with Crippen molar-refractivity contribution in [2.45, 2.75) is 0 Å². The summed E-state index contributed by atoms with van der Waals surface area (Å²) in [4.78, 5) is 19.7. The maximum Gasteiger partial charge on any atom is 0.294 e. The molecule has 1 rings (SSSR count). The van der Waals surface area contributed by atoms with Crippen LogP contribution in [0, 0.1) is 10.1 Å². The molecular weight excluding hydrogens is 250 g/mol. The second-order valence-corrected chi connectivity index (χ2v) is 4.18. The molecule has 0 atom stereocenters. The van der Waals surface area contributed by atoms with Crippen molar-refractivity contribution in [3.05, 3.63) is 24.8 Å². The number of carbonyl (C=O) groups is 1. The third kappa shape index (κ3) is 1.62. The van der Waals surface area contributed by atoms with Gasteiger partial charge in [0.25, 0.3) is 5.69 Å². The molecule has 64 valence electrons. The molecule has 1 heterocycles. The normalized spacial score (nSPS) is 9.75. The summed E-state index contributed by atoms with van der Waals surface area (Å²) in [6.07, 6.45) is 0. The van der Waals surface area contributed by atoms with Gasteiger partial charge in [0.1, 0.15) is 3.79 Å². The molecule has 5 nitrogen and oxygen atoms in total. The summed E-state index contributed by atoms with van der Waals surface area (Å²) < 4.78 is 0.187. The molecule has 0 bridgehead atoms. The molecule has 0 radical (unpaired) electrons. The van der Waals surface area contributed by atoms with E-state index in [2.05, 4.69) is 15.9 Å². The van der Waals surface area contributed by atoms with E-state index in [1.54, 1.807) is 0 Å². The van der Waals surface area contributed by atoms with Gasteiger partial charge >= 0.3 is 0 Å². The average Bonchev–Trinajstić information content (AvgIpc) is 2.30. The van der Waals surface area contributed by atoms with E-state index in [1.165, 1.54) is 0 Å². The van der Waals surface area contributed by atoms with Gasteiger partial charge in [-0.05, 0) is 15.9 Å². The molecule has 0 aliphatic carbocycles. The van der Waals surface area contributed by atoms with E-state index in [9.17, 15) is 20.0 Å². The summed E-state index contributed by atoms with van der Waals surface area (Å²) >= 11 is 3.64. The van der Waals surface area contributed by atoms with Gasteiger partial charge in [-0.15, -0.1) is 11.3 Å². The van der Waals surface area contributed by atoms with Crippen LogP contribution in [0.2, 0.25) is 0 Å². The molecule has 12 heavy (non-hydrogen) atoms. The lowest BCUT2D eigenvalue weighted by atomic mass is 10.4. The number of nitrogens with zero attached hydrogens (tertiary/aromatic N) is 1. The molecule has 1 aromatic heterocycles. The van der Waals surface area contributed by atoms with Crippen LogP contribution in [0.25, 0.3) is 0 Å². The van der Waals surface area contributed by atoms with Gasteiger partial charge in [0.15, 0.2) is 0 Å². The highest BCUT2D eigenvalue weighted by molar-refractivity contribution is 9.11. The summed E-state index contributed by atoms with van der Waals surface area (Å²) in [5, 5.41) is 20.5. The Bertz CT molecular complexity index is 347. The second kappa shape index (κ2) is 3.20. The molecule has 0 saturated carbocycles. The van der Waals surface area contributed by atoms with Gasteiger partial charge in [-0.2, -0.15) is 0 Å². The number of carbonyl (C=O) groups excluding carboxylic acids is 1. The minimum absolute atomic E-state index is 0.159. The maximum atomic E-state index is 10.2. The first-order valence-corrected chi connectivity index (χ1v) is 4.28. The Labute approximate surface area is 78.9 Å². The van der Waals surface area contributed by atoms with E-state index in [0.29, 0.717) is 0 Å². The number of rotatable bonds is 2. The fourth-order valence-electron chi connectivity index (χ4n) is 0.584. The zero-order chi connectivity index (χ0) is 9.30. The number of halogens is 1. The van der Waals surface area contributed by atoms with E-state index in [0.717, 1.165) is 17.4 Å². The highest BCUT2D eigenvalue weighted by Gasteiger charge is 2.16. The fraction of sp³-hybridized carbons (Fsp3) is 0. The molecule has 0 amide bonds. The lowest BCUT2D eigenvalue weighted by Gasteiger charge is -1.91. The van der Waals surface area contributed by atoms with E-state index in [1.807, 2.05) is 0 Å². The van der Waals surface area contributed by atoms with Crippen LogP contribution in [-0.4, -0.2) is 10.9 Å². The summed E-state index contributed by atoms with van der Waals surface area (Å²) in [5.74, 6) is -1.41. The molecule has 0 spiro atoms. The molecule has 0 aliphatic rings. The van der Waals surface area contributed by atoms with Crippen molar-refractivity contribution in [1.82, 2.24) is 0 Å². The maximum absolute atomic E-state index is 10.2. The highest BCUT2D eigenvalue weighted by atomic mass is 79.9. The van der Waals surface area contributed by atoms with Crippen LogP contribution in [0.5, 0.6) is 0 Å². The molecule has 7 heteroatoms. The number of hydrogen-bond donors (Lipinski definition) is 0. The van der Waals surface area contributed by atoms with Gasteiger partial charge in [-0.25, -0.2) is 0 Å². The molecular formula is C5HBrNO4S-. The summed E-state index contributed by atoms with van der Waals surface area (Å²) in [5.41, 5.74) is -0.251. The molecule has 0 saturated heterocycles. The van der Waals surface area contributed by atoms with E-state index < -0.39 is 10.9 Å². The third-order valence-electron chi connectivity index (χ3n) is 1.07. The van der Waals surface area contributed by atoms with Gasteiger partial charge in [-0.3, -0.25) is 10.1 Å². The Kier molecular flexibility index (Phi) is 2.43. The Balaban J connectivity index is 3.17. The van der Waals surface area contributed by atoms with Crippen LogP contribution in [0.4, 0.5) is 5.69 Å². The van der Waals surface area contributed by atoms with Crippen LogP contribution in [0.1, 0.15) is 9.67 Å². The van der Waals surface area contributed by atoms with Crippen molar-refractivity contribution in [2.75, 3.05) is 0 Å². The van der Waals surface area contributed by atoms with Crippen LogP contribution in [0.15, 0.2) is 9.85 Å². The number of carboxylic acids is 1. The first kappa shape index (κ1) is 9.14. The molecule has 0 unspecified atom stereocenters. The van der Waals surface area contributed by atoms with Gasteiger partial charge in [-0.1, -0.05) is 0 Å². The minimum Gasteiger partial charge on any atom is -0.544 e. The largest absolute Gasteiger partial charge is 0.544 e. The number of nitro groups is 1. The fourth-order valence-corrected chi connectivity index (χ4v) is 2.05. The monoisotopic (exact) mass is 250 g/mol. The summed E-state index contributed by atoms with van der Waals surface area (Å²) in [6, 6.07) is 0.962. The van der Waals surface area contributed by atoms with E-state index in [-0.39, 0.29) is 14.4 Å². The molecule has 1 aromatic rings. The third-order valence-corrected chi connectivity index (χ3v) is 2.85. The molecule has 0 fully saturated rings. The van der Waals surface area contributed by atoms with Crippen molar-refractivity contribution >= 4 is 38.9 Å². The smallest absolute Gasteiger partial charge is 0.294 e. The van der Waals surface area contributed by atoms with Crippen LogP contribution < -0.4 is 5.11 Å². The molecule has 0 aliphatic heterocycles. The van der Waals surface area contributed by atoms with Crippen molar-refractivity contribution in [3.8, 4) is 0 Å². The van der Waals surface area contributed by atoms with E-state index >= 15 is 0 Å². The van der Waals surface area contributed by atoms with Crippen LogP contribution in [-0.2, 0) is 0 Å². The predicted octanol–water partition coefficient (Wildman–Crippen LogP) is 0.782. The number of carboxylic acid groups (broad SMARTS) is 1. The SMILES string of the molecule is O=C([O-])c1cc([N+](=O)[O-])c(Br)s1. The lowest BCUT2D eigenvalue weighted by Crippen LogP contribution is -2.20. The van der Waals surface area contributed by atoms with Gasteiger partial charge < -0.3 is 9.90 Å². The van der Waals surface area contributed by atoms with Crippen molar-refractivity contribution in [1.29, 1.82) is 0 Å².